The van der Waals surface area contributed by atoms with Crippen molar-refractivity contribution < 1.29 is 32.6 Å². The number of amides is 1. The predicted molar refractivity (Wildman–Crippen MR) is 118 cm³/mol. The first-order chi connectivity index (χ1) is 16.5. The lowest BCUT2D eigenvalue weighted by Gasteiger charge is -2.16. The first-order valence-electron chi connectivity index (χ1n) is 9.98. The van der Waals surface area contributed by atoms with E-state index >= 15 is 0 Å². The fourth-order valence-corrected chi connectivity index (χ4v) is 3.88. The zero-order chi connectivity index (χ0) is 25.5. The third kappa shape index (κ3) is 4.52. The van der Waals surface area contributed by atoms with Crippen LogP contribution in [-0.2, 0) is 17.5 Å². The number of halogens is 4. The van der Waals surface area contributed by atoms with Crippen LogP contribution in [0.25, 0.3) is 5.69 Å². The van der Waals surface area contributed by atoms with Crippen molar-refractivity contribution in [3.63, 3.8) is 0 Å². The maximum Gasteiger partial charge on any atom is 0.417 e. The van der Waals surface area contributed by atoms with E-state index in [9.17, 15) is 37.5 Å². The van der Waals surface area contributed by atoms with Gasteiger partial charge in [-0.15, -0.1) is 0 Å². The van der Waals surface area contributed by atoms with Crippen molar-refractivity contribution in [2.24, 2.45) is 0 Å². The molecule has 1 aliphatic rings. The van der Waals surface area contributed by atoms with E-state index in [0.717, 1.165) is 22.9 Å². The fourth-order valence-electron chi connectivity index (χ4n) is 3.59. The molecule has 0 bridgehead atoms. The minimum absolute atomic E-state index is 0.151. The van der Waals surface area contributed by atoms with E-state index in [0.29, 0.717) is 16.8 Å². The summed E-state index contributed by atoms with van der Waals surface area (Å²) in [7, 11) is 0. The Hall–Kier alpha value is -4.06. The number of ether oxygens (including phenoxy) is 1. The van der Waals surface area contributed by atoms with Gasteiger partial charge in [0.1, 0.15) is 12.2 Å². The molecular formula is C22H15ClF3N3O6. The maximum atomic E-state index is 13.2. The van der Waals surface area contributed by atoms with Crippen LogP contribution in [0.4, 0.5) is 23.7 Å². The second kappa shape index (κ2) is 8.95. The molecule has 2 heterocycles. The summed E-state index contributed by atoms with van der Waals surface area (Å²) < 4.78 is 45.9. The van der Waals surface area contributed by atoms with E-state index < -0.39 is 52.2 Å². The van der Waals surface area contributed by atoms with Gasteiger partial charge in [-0.2, -0.15) is 13.2 Å². The number of carboxylic acid groups (broad SMARTS) is 1. The van der Waals surface area contributed by atoms with Crippen LogP contribution in [-0.4, -0.2) is 39.5 Å². The van der Waals surface area contributed by atoms with Crippen molar-refractivity contribution in [1.82, 2.24) is 9.13 Å². The lowest BCUT2D eigenvalue weighted by Crippen LogP contribution is -2.42. The maximum absolute atomic E-state index is 13.2. The van der Waals surface area contributed by atoms with Crippen LogP contribution in [0.1, 0.15) is 21.5 Å². The molecule has 1 fully saturated rings. The number of aromatic carboxylic acids is 1. The summed E-state index contributed by atoms with van der Waals surface area (Å²) in [5.41, 5.74) is -3.72. The Morgan fingerprint density at radius 1 is 1.06 bits per heavy atom. The molecule has 1 amide bonds. The number of alkyl halides is 3. The van der Waals surface area contributed by atoms with Crippen LogP contribution < -0.4 is 16.1 Å². The van der Waals surface area contributed by atoms with E-state index in [4.69, 9.17) is 16.3 Å². The molecule has 0 unspecified atom stereocenters. The van der Waals surface area contributed by atoms with Crippen molar-refractivity contribution in [1.29, 1.82) is 0 Å². The van der Waals surface area contributed by atoms with Crippen molar-refractivity contribution in [3.05, 3.63) is 91.2 Å². The van der Waals surface area contributed by atoms with Crippen molar-refractivity contribution in [2.45, 2.75) is 12.7 Å². The van der Waals surface area contributed by atoms with Crippen molar-refractivity contribution in [3.8, 4) is 5.69 Å². The van der Waals surface area contributed by atoms with Crippen LogP contribution in [0.3, 0.4) is 0 Å². The van der Waals surface area contributed by atoms with Crippen LogP contribution in [0.5, 0.6) is 0 Å². The summed E-state index contributed by atoms with van der Waals surface area (Å²) in [5.74, 6) is -1.64. The lowest BCUT2D eigenvalue weighted by molar-refractivity contribution is -0.137. The molecule has 0 atom stereocenters. The minimum Gasteiger partial charge on any atom is -0.477 e. The normalized spacial score (nSPS) is 13.7. The SMILES string of the molecule is O=C(O)c1cn(-c2ccc(N3CCOC3=O)cc2)c(=O)n(Cc2cccc(C(F)(F)F)c2Cl)c1=O. The Kier molecular flexibility index (Phi) is 6.15. The van der Waals surface area contributed by atoms with Crippen molar-refractivity contribution >= 4 is 29.4 Å². The molecule has 182 valence electrons. The largest absolute Gasteiger partial charge is 0.477 e. The number of nitrogens with zero attached hydrogens (tertiary/aromatic N) is 3. The van der Waals surface area contributed by atoms with Gasteiger partial charge in [0, 0.05) is 11.9 Å². The number of carbonyl (C=O) groups excluding carboxylic acids is 1. The van der Waals surface area contributed by atoms with Gasteiger partial charge in [-0.1, -0.05) is 23.7 Å². The van der Waals surface area contributed by atoms with Gasteiger partial charge in [0.2, 0.25) is 0 Å². The summed E-state index contributed by atoms with van der Waals surface area (Å²) >= 11 is 5.90. The quantitative estimate of drug-likeness (QED) is 0.564. The number of carboxylic acids is 1. The lowest BCUT2D eigenvalue weighted by atomic mass is 10.1. The van der Waals surface area contributed by atoms with Crippen molar-refractivity contribution in [2.75, 3.05) is 18.1 Å². The predicted octanol–water partition coefficient (Wildman–Crippen LogP) is 3.37. The van der Waals surface area contributed by atoms with Gasteiger partial charge in [-0.05, 0) is 35.9 Å². The Balaban J connectivity index is 1.81. The standard InChI is InChI=1S/C22H15ClF3N3O6/c23-17-12(2-1-3-16(17)22(24,25)26)10-29-18(30)15(19(31)32)11-28(20(29)33)14-6-4-13(5-7-14)27-8-9-35-21(27)34/h1-7,11H,8-10H2,(H,31,32). The summed E-state index contributed by atoms with van der Waals surface area (Å²) in [5, 5.41) is 8.77. The average molecular weight is 510 g/mol. The molecule has 0 spiro atoms. The van der Waals surface area contributed by atoms with Gasteiger partial charge in [0.05, 0.1) is 29.4 Å². The zero-order valence-corrected chi connectivity index (χ0v) is 18.3. The number of hydrogen-bond acceptors (Lipinski definition) is 5. The Morgan fingerprint density at radius 2 is 1.71 bits per heavy atom. The molecule has 1 N–H and O–H groups in total. The zero-order valence-electron chi connectivity index (χ0n) is 17.6. The molecule has 2 aromatic carbocycles. The van der Waals surface area contributed by atoms with Gasteiger partial charge >= 0.3 is 23.9 Å². The highest BCUT2D eigenvalue weighted by Crippen LogP contribution is 2.36. The number of anilines is 1. The number of benzene rings is 2. The smallest absolute Gasteiger partial charge is 0.417 e. The molecule has 35 heavy (non-hydrogen) atoms. The molecule has 0 aliphatic carbocycles. The van der Waals surface area contributed by atoms with Crippen LogP contribution in [0.2, 0.25) is 5.02 Å². The minimum atomic E-state index is -4.77. The van der Waals surface area contributed by atoms with Crippen LogP contribution >= 0.6 is 11.6 Å². The molecule has 0 saturated carbocycles. The number of rotatable bonds is 5. The third-order valence-electron chi connectivity index (χ3n) is 5.31. The molecule has 1 saturated heterocycles. The van der Waals surface area contributed by atoms with Crippen LogP contribution in [0, 0.1) is 0 Å². The molecule has 1 aromatic heterocycles. The Morgan fingerprint density at radius 3 is 2.29 bits per heavy atom. The van der Waals surface area contributed by atoms with Gasteiger partial charge in [0.15, 0.2) is 0 Å². The van der Waals surface area contributed by atoms with Gasteiger partial charge < -0.3 is 9.84 Å². The molecule has 3 aromatic rings. The first-order valence-corrected chi connectivity index (χ1v) is 10.4. The second-order valence-corrected chi connectivity index (χ2v) is 7.83. The highest BCUT2D eigenvalue weighted by molar-refractivity contribution is 6.32. The van der Waals surface area contributed by atoms with Crippen LogP contribution in [0.15, 0.2) is 58.3 Å². The van der Waals surface area contributed by atoms with E-state index in [-0.39, 0.29) is 17.9 Å². The fraction of sp³-hybridized carbons (Fsp3) is 0.182. The first kappa shape index (κ1) is 24.1. The Labute approximate surface area is 199 Å². The number of cyclic esters (lactones) is 1. The highest BCUT2D eigenvalue weighted by atomic mass is 35.5. The Bertz CT molecular complexity index is 1450. The molecule has 9 nitrogen and oxygen atoms in total. The summed E-state index contributed by atoms with van der Waals surface area (Å²) in [6.07, 6.45) is -4.49. The number of hydrogen-bond donors (Lipinski definition) is 1. The van der Waals surface area contributed by atoms with Gasteiger partial charge in [-0.3, -0.25) is 18.8 Å². The van der Waals surface area contributed by atoms with Gasteiger partial charge in [0.25, 0.3) is 5.56 Å². The molecule has 13 heteroatoms. The monoisotopic (exact) mass is 509 g/mol. The van der Waals surface area contributed by atoms with E-state index in [1.807, 2.05) is 0 Å². The van der Waals surface area contributed by atoms with Gasteiger partial charge in [-0.25, -0.2) is 14.4 Å². The second-order valence-electron chi connectivity index (χ2n) is 7.45. The number of aromatic nitrogens is 2. The topological polar surface area (TPSA) is 111 Å². The summed E-state index contributed by atoms with van der Waals surface area (Å²) in [4.78, 5) is 50.6. The summed E-state index contributed by atoms with van der Waals surface area (Å²) in [6.45, 7) is -0.158. The molecule has 4 rings (SSSR count). The summed E-state index contributed by atoms with van der Waals surface area (Å²) in [6, 6.07) is 8.84. The molecular weight excluding hydrogens is 495 g/mol. The number of carbonyl (C=O) groups is 2. The average Bonchev–Trinajstić information content (AvgIpc) is 3.22. The highest BCUT2D eigenvalue weighted by Gasteiger charge is 2.34. The van der Waals surface area contributed by atoms with E-state index in [1.165, 1.54) is 35.2 Å². The van der Waals surface area contributed by atoms with E-state index in [1.54, 1.807) is 0 Å². The third-order valence-corrected chi connectivity index (χ3v) is 5.76. The van der Waals surface area contributed by atoms with E-state index in [2.05, 4.69) is 0 Å². The molecule has 0 radical (unpaired) electrons. The molecule has 1 aliphatic heterocycles.